The summed E-state index contributed by atoms with van der Waals surface area (Å²) in [6.07, 6.45) is 2.36. The highest BCUT2D eigenvalue weighted by atomic mass is 16.6. The number of rotatable bonds is 7. The molecule has 0 aromatic carbocycles. The van der Waals surface area contributed by atoms with Gasteiger partial charge in [0.2, 0.25) is 0 Å². The average Bonchev–Trinajstić information content (AvgIpc) is 2.87. The Hall–Kier alpha value is -2.28. The van der Waals surface area contributed by atoms with Crippen LogP contribution >= 0.6 is 0 Å². The van der Waals surface area contributed by atoms with Gasteiger partial charge in [-0.15, -0.1) is 0 Å². The van der Waals surface area contributed by atoms with E-state index in [1.807, 2.05) is 27.7 Å². The molecule has 2 spiro atoms. The lowest BCUT2D eigenvalue weighted by atomic mass is 9.46. The third kappa shape index (κ3) is 8.16. The molecule has 0 aliphatic carbocycles. The van der Waals surface area contributed by atoms with Crippen LogP contribution in [0, 0.1) is 17.3 Å². The summed E-state index contributed by atoms with van der Waals surface area (Å²) in [4.78, 5) is 59.7. The zero-order valence-corrected chi connectivity index (χ0v) is 37.4. The number of hydrogen-bond acceptors (Lipinski definition) is 12. The Morgan fingerprint density at radius 3 is 1.34 bits per heavy atom. The molecule has 0 saturated carbocycles. The molecule has 0 aromatic heterocycles. The summed E-state index contributed by atoms with van der Waals surface area (Å²) in [6, 6.07) is 0. The first-order chi connectivity index (χ1) is 25.0. The van der Waals surface area contributed by atoms with E-state index in [1.54, 1.807) is 0 Å². The SMILES string of the molecule is CC1(C)CC(OC(=O)CC2(C(C(=O)OC3CC(C)(C)NC(C)(C)C3)C3C(=O)OC34CC(C)(C)NC(C)(C)C4)C(=O)OC23CC(C)(C)NC(C)(C)C3)CC(C)(C)N1. The van der Waals surface area contributed by atoms with Gasteiger partial charge in [-0.25, -0.2) is 0 Å². The monoisotopic (exact) mass is 787 g/mol. The van der Waals surface area contributed by atoms with Gasteiger partial charge in [0, 0.05) is 95.7 Å². The van der Waals surface area contributed by atoms with Gasteiger partial charge in [0.05, 0.1) is 12.3 Å². The normalized spacial score (nSPS) is 34.5. The van der Waals surface area contributed by atoms with Crippen molar-refractivity contribution in [2.45, 2.75) is 236 Å². The predicted molar refractivity (Wildman–Crippen MR) is 214 cm³/mol. The smallest absolute Gasteiger partial charge is 0.318 e. The minimum absolute atomic E-state index is 0.302. The van der Waals surface area contributed by atoms with E-state index in [1.165, 1.54) is 0 Å². The number of carbonyl (C=O) groups excluding carboxylic acids is 4. The second-order valence-corrected chi connectivity index (χ2v) is 24.2. The van der Waals surface area contributed by atoms with Gasteiger partial charge in [-0.3, -0.25) is 19.2 Å². The highest BCUT2D eigenvalue weighted by Crippen LogP contribution is 2.67. The number of carbonyl (C=O) groups is 4. The number of piperidine rings is 4. The molecular weight excluding hydrogens is 713 g/mol. The minimum Gasteiger partial charge on any atom is -0.462 e. The number of esters is 4. The lowest BCUT2D eigenvalue weighted by Gasteiger charge is -2.68. The zero-order chi connectivity index (χ0) is 42.1. The molecule has 4 N–H and O–H groups in total. The topological polar surface area (TPSA) is 153 Å². The highest BCUT2D eigenvalue weighted by molar-refractivity contribution is 5.98. The first kappa shape index (κ1) is 43.3. The highest BCUT2D eigenvalue weighted by Gasteiger charge is 2.82. The molecule has 0 aromatic rings. The summed E-state index contributed by atoms with van der Waals surface area (Å²) in [5.74, 6) is -4.88. The van der Waals surface area contributed by atoms with Crippen molar-refractivity contribution in [3.05, 3.63) is 0 Å². The summed E-state index contributed by atoms with van der Waals surface area (Å²) < 4.78 is 25.7. The summed E-state index contributed by atoms with van der Waals surface area (Å²) in [5, 5.41) is 14.7. The van der Waals surface area contributed by atoms with Gasteiger partial charge in [0.15, 0.2) is 0 Å². The number of nitrogens with one attached hydrogen (secondary N) is 4. The molecule has 6 aliphatic heterocycles. The van der Waals surface area contributed by atoms with E-state index in [4.69, 9.17) is 18.9 Å². The van der Waals surface area contributed by atoms with Gasteiger partial charge in [0.1, 0.15) is 34.7 Å². The van der Waals surface area contributed by atoms with Crippen molar-refractivity contribution in [3.63, 3.8) is 0 Å². The van der Waals surface area contributed by atoms with Crippen molar-refractivity contribution in [3.8, 4) is 0 Å². The number of hydrogen-bond donors (Lipinski definition) is 4. The molecule has 0 bridgehead atoms. The fourth-order valence-corrected chi connectivity index (χ4v) is 13.9. The molecule has 0 amide bonds. The third-order valence-corrected chi connectivity index (χ3v) is 13.3. The van der Waals surface area contributed by atoms with Crippen LogP contribution in [0.25, 0.3) is 0 Å². The van der Waals surface area contributed by atoms with Crippen LogP contribution in [0.3, 0.4) is 0 Å². The fourth-order valence-electron chi connectivity index (χ4n) is 13.9. The van der Waals surface area contributed by atoms with Crippen LogP contribution in [-0.4, -0.2) is 91.6 Å². The Balaban J connectivity index is 1.51. The molecule has 12 heteroatoms. The van der Waals surface area contributed by atoms with Crippen molar-refractivity contribution in [1.82, 2.24) is 21.3 Å². The average molecular weight is 787 g/mol. The third-order valence-electron chi connectivity index (χ3n) is 13.3. The van der Waals surface area contributed by atoms with Crippen LogP contribution in [0.2, 0.25) is 0 Å². The molecule has 6 saturated heterocycles. The van der Waals surface area contributed by atoms with E-state index in [0.717, 1.165) is 0 Å². The maximum Gasteiger partial charge on any atom is 0.318 e. The van der Waals surface area contributed by atoms with Crippen molar-refractivity contribution < 1.29 is 38.1 Å². The van der Waals surface area contributed by atoms with Crippen LogP contribution in [-0.2, 0) is 38.1 Å². The molecular formula is C44H74N4O8. The van der Waals surface area contributed by atoms with Crippen LogP contribution in [0.15, 0.2) is 0 Å². The zero-order valence-electron chi connectivity index (χ0n) is 37.4. The Bertz CT molecular complexity index is 1580. The Kier molecular flexibility index (Phi) is 9.94. The standard InChI is InChI=1S/C44H74N4O8/c1-34(2)17-26(18-35(3,4)45-34)53-28(49)21-44(33(52)56-43(44)24-40(13,14)48-41(15,16)25-43)30(31(50)54-27-19-36(5,6)46-37(7,8)20-27)29-32(51)55-42(29)22-38(9,10)47-39(11,12)23-42/h26-27,29-30,45-48H,17-25H2,1-16H3. The molecule has 6 rings (SSSR count). The molecule has 3 unspecified atom stereocenters. The fraction of sp³-hybridized carbons (Fsp3) is 0.909. The quantitative estimate of drug-likeness (QED) is 0.183. The first-order valence-electron chi connectivity index (χ1n) is 21.1. The van der Waals surface area contributed by atoms with Crippen molar-refractivity contribution >= 4 is 23.9 Å². The lowest BCUT2D eigenvalue weighted by molar-refractivity contribution is -0.301. The summed E-state index contributed by atoms with van der Waals surface area (Å²) in [7, 11) is 0. The number of ether oxygens (including phenoxy) is 4. The van der Waals surface area contributed by atoms with E-state index in [0.29, 0.717) is 51.4 Å². The summed E-state index contributed by atoms with van der Waals surface area (Å²) in [5.41, 5.74) is -7.54. The summed E-state index contributed by atoms with van der Waals surface area (Å²) >= 11 is 0. The van der Waals surface area contributed by atoms with Crippen LogP contribution < -0.4 is 21.3 Å². The van der Waals surface area contributed by atoms with Gasteiger partial charge >= 0.3 is 23.9 Å². The Morgan fingerprint density at radius 1 is 0.571 bits per heavy atom. The maximum absolute atomic E-state index is 15.6. The molecule has 6 aliphatic rings. The van der Waals surface area contributed by atoms with Gasteiger partial charge in [0.25, 0.3) is 0 Å². The van der Waals surface area contributed by atoms with E-state index in [2.05, 4.69) is 104 Å². The molecule has 12 nitrogen and oxygen atoms in total. The van der Waals surface area contributed by atoms with Gasteiger partial charge < -0.3 is 40.2 Å². The summed E-state index contributed by atoms with van der Waals surface area (Å²) in [6.45, 7) is 33.2. The van der Waals surface area contributed by atoms with Crippen molar-refractivity contribution in [2.75, 3.05) is 0 Å². The molecule has 6 heterocycles. The second kappa shape index (κ2) is 12.9. The van der Waals surface area contributed by atoms with E-state index in [-0.39, 0.29) is 22.2 Å². The minimum atomic E-state index is -1.77. The van der Waals surface area contributed by atoms with E-state index < -0.39 is 93.1 Å². The predicted octanol–water partition coefficient (Wildman–Crippen LogP) is 5.77. The molecule has 3 atom stereocenters. The van der Waals surface area contributed by atoms with Gasteiger partial charge in [-0.05, 0) is 111 Å². The molecule has 6 fully saturated rings. The van der Waals surface area contributed by atoms with Crippen LogP contribution in [0.1, 0.15) is 169 Å². The largest absolute Gasteiger partial charge is 0.462 e. The second-order valence-electron chi connectivity index (χ2n) is 24.2. The molecule has 56 heavy (non-hydrogen) atoms. The van der Waals surface area contributed by atoms with Gasteiger partial charge in [-0.2, -0.15) is 0 Å². The first-order valence-corrected chi connectivity index (χ1v) is 21.1. The van der Waals surface area contributed by atoms with Crippen molar-refractivity contribution in [1.29, 1.82) is 0 Å². The van der Waals surface area contributed by atoms with Crippen LogP contribution in [0.4, 0.5) is 0 Å². The molecule has 318 valence electrons. The molecule has 0 radical (unpaired) electrons. The van der Waals surface area contributed by atoms with Crippen molar-refractivity contribution in [2.24, 2.45) is 17.3 Å². The van der Waals surface area contributed by atoms with Crippen LogP contribution in [0.5, 0.6) is 0 Å². The van der Waals surface area contributed by atoms with Gasteiger partial charge in [-0.1, -0.05) is 0 Å². The van der Waals surface area contributed by atoms with E-state index >= 15 is 4.79 Å². The Labute approximate surface area is 336 Å². The Morgan fingerprint density at radius 2 is 0.946 bits per heavy atom. The van der Waals surface area contributed by atoms with E-state index in [9.17, 15) is 14.4 Å². The lowest BCUT2D eigenvalue weighted by Crippen LogP contribution is -2.82. The maximum atomic E-state index is 15.6.